The molecule has 0 spiro atoms. The number of ether oxygens (including phenoxy) is 1. The molecular weight excluding hydrogens is 232 g/mol. The van der Waals surface area contributed by atoms with Crippen molar-refractivity contribution in [1.29, 1.82) is 0 Å². The summed E-state index contributed by atoms with van der Waals surface area (Å²) >= 11 is 5.59. The van der Waals surface area contributed by atoms with Crippen LogP contribution in [0.5, 0.6) is 0 Å². The lowest BCUT2D eigenvalue weighted by Gasteiger charge is -2.13. The first-order valence-corrected chi connectivity index (χ1v) is 5.01. The fourth-order valence-corrected chi connectivity index (χ4v) is 1.02. The van der Waals surface area contributed by atoms with E-state index >= 15 is 0 Å². The van der Waals surface area contributed by atoms with Crippen LogP contribution in [-0.2, 0) is 4.74 Å². The minimum absolute atomic E-state index is 0.244. The molecule has 0 atom stereocenters. The van der Waals surface area contributed by atoms with Crippen molar-refractivity contribution in [3.63, 3.8) is 0 Å². The minimum Gasteiger partial charge on any atom is -0.448 e. The Bertz CT molecular complexity index is 380. The average molecular weight is 243 g/mol. The SMILES string of the molecule is CC=NN(C(=O)OCC)c1ccc(Cl)nn1. The topological polar surface area (TPSA) is 67.7 Å². The fraction of sp³-hybridized carbons (Fsp3) is 0.333. The van der Waals surface area contributed by atoms with Gasteiger partial charge in [-0.3, -0.25) is 0 Å². The number of carbonyl (C=O) groups excluding carboxylic acids is 1. The van der Waals surface area contributed by atoms with E-state index in [1.54, 1.807) is 13.8 Å². The number of hydrogen-bond donors (Lipinski definition) is 0. The molecule has 0 bridgehead atoms. The highest BCUT2D eigenvalue weighted by molar-refractivity contribution is 6.29. The van der Waals surface area contributed by atoms with Gasteiger partial charge in [0, 0.05) is 6.21 Å². The second kappa shape index (κ2) is 6.02. The standard InChI is InChI=1S/C9H11ClN4O2/c1-3-11-14(9(15)16-4-2)8-6-5-7(10)12-13-8/h3,5-6H,4H2,1-2H3. The van der Waals surface area contributed by atoms with Crippen LogP contribution in [0.3, 0.4) is 0 Å². The van der Waals surface area contributed by atoms with E-state index in [1.165, 1.54) is 18.3 Å². The van der Waals surface area contributed by atoms with Crippen LogP contribution in [0.2, 0.25) is 5.15 Å². The van der Waals surface area contributed by atoms with Gasteiger partial charge in [0.25, 0.3) is 0 Å². The predicted octanol–water partition coefficient (Wildman–Crippen LogP) is 2.10. The first kappa shape index (κ1) is 12.4. The van der Waals surface area contributed by atoms with Gasteiger partial charge in [-0.1, -0.05) is 11.6 Å². The van der Waals surface area contributed by atoms with Crippen LogP contribution >= 0.6 is 11.6 Å². The van der Waals surface area contributed by atoms with Crippen LogP contribution in [0.25, 0.3) is 0 Å². The number of hydrogen-bond acceptors (Lipinski definition) is 5. The summed E-state index contributed by atoms with van der Waals surface area (Å²) < 4.78 is 4.81. The predicted molar refractivity (Wildman–Crippen MR) is 60.7 cm³/mol. The maximum absolute atomic E-state index is 11.5. The number of anilines is 1. The molecule has 0 aliphatic heterocycles. The molecule has 0 fully saturated rings. The molecule has 0 saturated heterocycles. The second-order valence-corrected chi connectivity index (χ2v) is 2.99. The minimum atomic E-state index is -0.614. The summed E-state index contributed by atoms with van der Waals surface area (Å²) in [5, 5.41) is 12.4. The molecule has 1 aromatic heterocycles. The molecule has 0 radical (unpaired) electrons. The number of halogens is 1. The van der Waals surface area contributed by atoms with Crippen molar-refractivity contribution in [3.05, 3.63) is 17.3 Å². The Hall–Kier alpha value is -1.69. The lowest BCUT2D eigenvalue weighted by atomic mass is 10.5. The van der Waals surface area contributed by atoms with Gasteiger partial charge in [0.1, 0.15) is 0 Å². The number of aromatic nitrogens is 2. The lowest BCUT2D eigenvalue weighted by molar-refractivity contribution is 0.160. The van der Waals surface area contributed by atoms with Crippen LogP contribution in [0.1, 0.15) is 13.8 Å². The third kappa shape index (κ3) is 3.16. The molecule has 86 valence electrons. The molecule has 1 rings (SSSR count). The molecule has 0 saturated carbocycles. The van der Waals surface area contributed by atoms with Gasteiger partial charge in [0.05, 0.1) is 6.61 Å². The molecule has 1 aromatic rings. The number of hydrazone groups is 1. The van der Waals surface area contributed by atoms with Crippen molar-refractivity contribution < 1.29 is 9.53 Å². The zero-order valence-corrected chi connectivity index (χ0v) is 9.68. The van der Waals surface area contributed by atoms with Crippen molar-refractivity contribution in [2.75, 3.05) is 11.6 Å². The van der Waals surface area contributed by atoms with Gasteiger partial charge in [-0.2, -0.15) is 5.10 Å². The van der Waals surface area contributed by atoms with E-state index in [-0.39, 0.29) is 17.6 Å². The van der Waals surface area contributed by atoms with Crippen molar-refractivity contribution in [1.82, 2.24) is 10.2 Å². The summed E-state index contributed by atoms with van der Waals surface area (Å²) in [5.74, 6) is 0.251. The van der Waals surface area contributed by atoms with Crippen molar-refractivity contribution in [2.45, 2.75) is 13.8 Å². The first-order chi connectivity index (χ1) is 7.69. The molecule has 1 amide bonds. The first-order valence-electron chi connectivity index (χ1n) is 4.63. The van der Waals surface area contributed by atoms with Crippen LogP contribution in [0.4, 0.5) is 10.6 Å². The van der Waals surface area contributed by atoms with Crippen LogP contribution in [0.15, 0.2) is 17.2 Å². The van der Waals surface area contributed by atoms with Crippen LogP contribution in [-0.4, -0.2) is 29.1 Å². The molecular formula is C9H11ClN4O2. The summed E-state index contributed by atoms with van der Waals surface area (Å²) in [6.07, 6.45) is 0.838. The Labute approximate surface area is 97.9 Å². The third-order valence-corrected chi connectivity index (χ3v) is 1.71. The Morgan fingerprint density at radius 1 is 1.62 bits per heavy atom. The zero-order valence-electron chi connectivity index (χ0n) is 8.92. The third-order valence-electron chi connectivity index (χ3n) is 1.51. The fourth-order valence-electron chi connectivity index (χ4n) is 0.922. The monoisotopic (exact) mass is 242 g/mol. The number of amides is 1. The molecule has 6 nitrogen and oxygen atoms in total. The van der Waals surface area contributed by atoms with E-state index < -0.39 is 6.09 Å². The number of carbonyl (C=O) groups is 1. The van der Waals surface area contributed by atoms with E-state index in [0.717, 1.165) is 5.01 Å². The molecule has 0 aliphatic carbocycles. The van der Waals surface area contributed by atoms with E-state index in [1.807, 2.05) is 0 Å². The number of nitrogens with zero attached hydrogens (tertiary/aromatic N) is 4. The van der Waals surface area contributed by atoms with E-state index in [2.05, 4.69) is 15.3 Å². The molecule has 1 heterocycles. The van der Waals surface area contributed by atoms with E-state index in [0.29, 0.717) is 0 Å². The molecule has 16 heavy (non-hydrogen) atoms. The molecule has 7 heteroatoms. The number of rotatable bonds is 3. The summed E-state index contributed by atoms with van der Waals surface area (Å²) in [6.45, 7) is 3.64. The van der Waals surface area contributed by atoms with Crippen LogP contribution < -0.4 is 5.01 Å². The average Bonchev–Trinajstić information content (AvgIpc) is 2.28. The van der Waals surface area contributed by atoms with Gasteiger partial charge < -0.3 is 4.74 Å². The highest BCUT2D eigenvalue weighted by atomic mass is 35.5. The largest absolute Gasteiger partial charge is 0.448 e. The summed E-state index contributed by atoms with van der Waals surface area (Å²) in [4.78, 5) is 11.5. The van der Waals surface area contributed by atoms with Gasteiger partial charge in [0.15, 0.2) is 11.0 Å². The summed E-state index contributed by atoms with van der Waals surface area (Å²) in [6, 6.07) is 3.04. The molecule has 0 N–H and O–H groups in total. The van der Waals surface area contributed by atoms with Crippen molar-refractivity contribution in [2.24, 2.45) is 5.10 Å². The van der Waals surface area contributed by atoms with Gasteiger partial charge in [-0.05, 0) is 26.0 Å². The highest BCUT2D eigenvalue weighted by Crippen LogP contribution is 2.13. The maximum atomic E-state index is 11.5. The lowest BCUT2D eigenvalue weighted by Crippen LogP contribution is -2.27. The normalized spacial score (nSPS) is 10.4. The maximum Gasteiger partial charge on any atom is 0.436 e. The second-order valence-electron chi connectivity index (χ2n) is 2.60. The molecule has 0 aromatic carbocycles. The molecule has 0 aliphatic rings. The Balaban J connectivity index is 2.93. The van der Waals surface area contributed by atoms with Gasteiger partial charge in [-0.25, -0.2) is 4.79 Å². The zero-order chi connectivity index (χ0) is 12.0. The van der Waals surface area contributed by atoms with E-state index in [4.69, 9.17) is 16.3 Å². The smallest absolute Gasteiger partial charge is 0.436 e. The quantitative estimate of drug-likeness (QED) is 0.601. The van der Waals surface area contributed by atoms with Crippen molar-refractivity contribution >= 4 is 29.7 Å². The molecule has 0 unspecified atom stereocenters. The highest BCUT2D eigenvalue weighted by Gasteiger charge is 2.17. The van der Waals surface area contributed by atoms with Crippen molar-refractivity contribution in [3.8, 4) is 0 Å². The summed E-state index contributed by atoms with van der Waals surface area (Å²) in [7, 11) is 0. The van der Waals surface area contributed by atoms with Gasteiger partial charge in [-0.15, -0.1) is 15.2 Å². The van der Waals surface area contributed by atoms with E-state index in [9.17, 15) is 4.79 Å². The van der Waals surface area contributed by atoms with Gasteiger partial charge in [0.2, 0.25) is 0 Å². The van der Waals surface area contributed by atoms with Crippen LogP contribution in [0, 0.1) is 0 Å². The van der Waals surface area contributed by atoms with Gasteiger partial charge >= 0.3 is 6.09 Å². The Morgan fingerprint density at radius 2 is 2.38 bits per heavy atom. The Morgan fingerprint density at radius 3 is 2.88 bits per heavy atom. The Kier molecular flexibility index (Phi) is 4.65. The summed E-state index contributed by atoms with van der Waals surface area (Å²) in [5.41, 5.74) is 0.